The van der Waals surface area contributed by atoms with Gasteiger partial charge in [0, 0.05) is 30.6 Å². The van der Waals surface area contributed by atoms with Crippen molar-refractivity contribution < 1.29 is 23.9 Å². The van der Waals surface area contributed by atoms with Crippen molar-refractivity contribution in [2.75, 3.05) is 19.0 Å². The highest BCUT2D eigenvalue weighted by Crippen LogP contribution is 2.34. The number of hydrogen-bond donors (Lipinski definition) is 1. The summed E-state index contributed by atoms with van der Waals surface area (Å²) in [5, 5.41) is 11.5. The maximum absolute atomic E-state index is 13.1. The van der Waals surface area contributed by atoms with Crippen LogP contribution in [-0.2, 0) is 16.5 Å². The van der Waals surface area contributed by atoms with E-state index in [1.165, 1.54) is 13.2 Å². The molecule has 4 rings (SSSR count). The molecule has 4 aromatic heterocycles. The highest BCUT2D eigenvalue weighted by molar-refractivity contribution is 7.18. The SMILES string of the molecule is CCOC(=O)c1sc(NC(=O)c2cc3nccc(-c4cnn(C)c4C)n3n2)c(C(=O)OC)c1C. The van der Waals surface area contributed by atoms with Crippen LogP contribution in [0.1, 0.15) is 48.7 Å². The van der Waals surface area contributed by atoms with Gasteiger partial charge in [-0.05, 0) is 32.4 Å². The van der Waals surface area contributed by atoms with Gasteiger partial charge in [0.25, 0.3) is 5.91 Å². The van der Waals surface area contributed by atoms with E-state index in [1.54, 1.807) is 41.5 Å². The zero-order valence-corrected chi connectivity index (χ0v) is 20.0. The molecule has 12 heteroatoms. The highest BCUT2D eigenvalue weighted by Gasteiger charge is 2.28. The normalized spacial score (nSPS) is 11.0. The second kappa shape index (κ2) is 9.06. The number of nitrogens with zero attached hydrogens (tertiary/aromatic N) is 5. The van der Waals surface area contributed by atoms with E-state index in [0.717, 1.165) is 28.3 Å². The first-order valence-electron chi connectivity index (χ1n) is 10.3. The molecule has 34 heavy (non-hydrogen) atoms. The Bertz CT molecular complexity index is 1430. The summed E-state index contributed by atoms with van der Waals surface area (Å²) in [4.78, 5) is 42.3. The van der Waals surface area contributed by atoms with Crippen LogP contribution in [0.4, 0.5) is 5.00 Å². The van der Waals surface area contributed by atoms with Crippen LogP contribution in [0.2, 0.25) is 0 Å². The topological polar surface area (TPSA) is 130 Å². The Kier molecular flexibility index (Phi) is 6.16. The van der Waals surface area contributed by atoms with Gasteiger partial charge in [-0.15, -0.1) is 11.3 Å². The van der Waals surface area contributed by atoms with Crippen molar-refractivity contribution in [2.45, 2.75) is 20.8 Å². The molecule has 1 N–H and O–H groups in total. The molecule has 0 radical (unpaired) electrons. The molecule has 11 nitrogen and oxygen atoms in total. The van der Waals surface area contributed by atoms with Crippen LogP contribution in [0.5, 0.6) is 0 Å². The number of rotatable bonds is 6. The van der Waals surface area contributed by atoms with Crippen molar-refractivity contribution >= 4 is 39.8 Å². The lowest BCUT2D eigenvalue weighted by atomic mass is 10.1. The van der Waals surface area contributed by atoms with E-state index in [2.05, 4.69) is 20.5 Å². The Balaban J connectivity index is 1.72. The summed E-state index contributed by atoms with van der Waals surface area (Å²) in [5.74, 6) is -1.82. The maximum Gasteiger partial charge on any atom is 0.348 e. The molecule has 176 valence electrons. The summed E-state index contributed by atoms with van der Waals surface area (Å²) in [5.41, 5.74) is 3.52. The second-order valence-electron chi connectivity index (χ2n) is 7.32. The number of carbonyl (C=O) groups excluding carboxylic acids is 3. The van der Waals surface area contributed by atoms with Gasteiger partial charge >= 0.3 is 11.9 Å². The average Bonchev–Trinajstić information content (AvgIpc) is 3.49. The molecular formula is C22H22N6O5S. The number of fused-ring (bicyclic) bond motifs is 1. The number of aryl methyl sites for hydroxylation is 1. The standard InChI is InChI=1S/C22H22N6O5S/c1-6-33-22(31)18-11(2)17(21(30)32-5)20(34-18)25-19(29)14-9-16-23-8-7-15(28(16)26-14)13-10-24-27(4)12(13)3/h7-10H,6H2,1-5H3,(H,25,29). The smallest absolute Gasteiger partial charge is 0.348 e. The zero-order chi connectivity index (χ0) is 24.6. The number of amides is 1. The third-order valence-corrected chi connectivity index (χ3v) is 6.51. The van der Waals surface area contributed by atoms with Crippen LogP contribution in [0, 0.1) is 13.8 Å². The molecule has 0 aliphatic heterocycles. The van der Waals surface area contributed by atoms with Gasteiger partial charge in [0.15, 0.2) is 11.3 Å². The Hall–Kier alpha value is -4.06. The molecule has 0 saturated carbocycles. The third kappa shape index (κ3) is 3.92. The number of ether oxygens (including phenoxy) is 2. The minimum absolute atomic E-state index is 0.0843. The summed E-state index contributed by atoms with van der Waals surface area (Å²) in [7, 11) is 3.07. The molecule has 1 amide bonds. The Morgan fingerprint density at radius 3 is 2.62 bits per heavy atom. The van der Waals surface area contributed by atoms with Crippen LogP contribution in [0.3, 0.4) is 0 Å². The molecule has 0 aromatic carbocycles. The van der Waals surface area contributed by atoms with Crippen molar-refractivity contribution in [3.05, 3.63) is 51.9 Å². The quantitative estimate of drug-likeness (QED) is 0.415. The van der Waals surface area contributed by atoms with E-state index in [-0.39, 0.29) is 27.7 Å². The largest absolute Gasteiger partial charge is 0.465 e. The lowest BCUT2D eigenvalue weighted by Gasteiger charge is -2.05. The fraction of sp³-hybridized carbons (Fsp3) is 0.273. The monoisotopic (exact) mass is 482 g/mol. The molecule has 0 atom stereocenters. The van der Waals surface area contributed by atoms with Crippen LogP contribution in [0.15, 0.2) is 24.5 Å². The minimum atomic E-state index is -0.675. The molecule has 0 aliphatic carbocycles. The first-order chi connectivity index (χ1) is 16.3. The van der Waals surface area contributed by atoms with Gasteiger partial charge in [0.05, 0.1) is 31.2 Å². The Labute approximate surface area is 198 Å². The molecule has 0 saturated heterocycles. The molecule has 4 heterocycles. The lowest BCUT2D eigenvalue weighted by molar-refractivity contribution is 0.0531. The molecule has 4 aromatic rings. The summed E-state index contributed by atoms with van der Waals surface area (Å²) in [6, 6.07) is 3.32. The van der Waals surface area contributed by atoms with Crippen molar-refractivity contribution in [2.24, 2.45) is 7.05 Å². The van der Waals surface area contributed by atoms with E-state index < -0.39 is 17.8 Å². The summed E-state index contributed by atoms with van der Waals surface area (Å²) >= 11 is 0.944. The van der Waals surface area contributed by atoms with Gasteiger partial charge in [-0.2, -0.15) is 10.2 Å². The molecule has 0 spiro atoms. The van der Waals surface area contributed by atoms with E-state index >= 15 is 0 Å². The lowest BCUT2D eigenvalue weighted by Crippen LogP contribution is -2.15. The molecule has 0 bridgehead atoms. The Morgan fingerprint density at radius 2 is 1.97 bits per heavy atom. The van der Waals surface area contributed by atoms with Crippen LogP contribution in [0.25, 0.3) is 16.9 Å². The minimum Gasteiger partial charge on any atom is -0.465 e. The van der Waals surface area contributed by atoms with Gasteiger partial charge in [-0.3, -0.25) is 9.48 Å². The van der Waals surface area contributed by atoms with Gasteiger partial charge in [0.2, 0.25) is 0 Å². The van der Waals surface area contributed by atoms with Crippen LogP contribution < -0.4 is 5.32 Å². The number of nitrogens with one attached hydrogen (secondary N) is 1. The number of anilines is 1. The number of carbonyl (C=O) groups is 3. The maximum atomic E-state index is 13.1. The predicted octanol–water partition coefficient (Wildman–Crippen LogP) is 3.02. The van der Waals surface area contributed by atoms with Gasteiger partial charge in [-0.1, -0.05) is 0 Å². The number of thiophene rings is 1. The van der Waals surface area contributed by atoms with Gasteiger partial charge in [0.1, 0.15) is 9.88 Å². The molecule has 0 aliphatic rings. The van der Waals surface area contributed by atoms with E-state index in [9.17, 15) is 14.4 Å². The fourth-order valence-electron chi connectivity index (χ4n) is 3.47. The fourth-order valence-corrected chi connectivity index (χ4v) is 4.55. The summed E-state index contributed by atoms with van der Waals surface area (Å²) in [6.45, 7) is 5.39. The summed E-state index contributed by atoms with van der Waals surface area (Å²) < 4.78 is 13.2. The zero-order valence-electron chi connectivity index (χ0n) is 19.2. The average molecular weight is 483 g/mol. The van der Waals surface area contributed by atoms with E-state index in [4.69, 9.17) is 9.47 Å². The van der Waals surface area contributed by atoms with E-state index in [1.807, 2.05) is 14.0 Å². The first-order valence-corrected chi connectivity index (χ1v) is 11.1. The van der Waals surface area contributed by atoms with Crippen molar-refractivity contribution in [1.29, 1.82) is 0 Å². The van der Waals surface area contributed by atoms with Gasteiger partial charge in [-0.25, -0.2) is 19.1 Å². The van der Waals surface area contributed by atoms with Crippen LogP contribution >= 0.6 is 11.3 Å². The van der Waals surface area contributed by atoms with Crippen molar-refractivity contribution in [3.8, 4) is 11.3 Å². The van der Waals surface area contributed by atoms with Crippen molar-refractivity contribution in [3.63, 3.8) is 0 Å². The van der Waals surface area contributed by atoms with Crippen molar-refractivity contribution in [1.82, 2.24) is 24.4 Å². The number of hydrogen-bond acceptors (Lipinski definition) is 9. The molecule has 0 fully saturated rings. The predicted molar refractivity (Wildman–Crippen MR) is 124 cm³/mol. The number of methoxy groups -OCH3 is 1. The first kappa shape index (κ1) is 23.1. The molecular weight excluding hydrogens is 460 g/mol. The van der Waals surface area contributed by atoms with Crippen LogP contribution in [-0.4, -0.2) is 55.9 Å². The number of esters is 2. The highest BCUT2D eigenvalue weighted by atomic mass is 32.1. The second-order valence-corrected chi connectivity index (χ2v) is 8.34. The van der Waals surface area contributed by atoms with E-state index in [0.29, 0.717) is 11.2 Å². The number of aromatic nitrogens is 5. The summed E-state index contributed by atoms with van der Waals surface area (Å²) in [6.07, 6.45) is 3.35. The Morgan fingerprint density at radius 1 is 1.21 bits per heavy atom. The third-order valence-electron chi connectivity index (χ3n) is 5.33. The van der Waals surface area contributed by atoms with Gasteiger partial charge < -0.3 is 14.8 Å². The molecule has 0 unspecified atom stereocenters.